The molecule has 1 N–H and O–H groups in total. The lowest BCUT2D eigenvalue weighted by Crippen LogP contribution is -2.40. The Morgan fingerprint density at radius 1 is 1.04 bits per heavy atom. The molecule has 0 saturated carbocycles. The summed E-state index contributed by atoms with van der Waals surface area (Å²) in [4.78, 5) is 40.2. The third-order valence-electron chi connectivity index (χ3n) is 5.42. The highest BCUT2D eigenvalue weighted by molar-refractivity contribution is 6.00. The Labute approximate surface area is 164 Å². The van der Waals surface area contributed by atoms with Crippen LogP contribution in [0.5, 0.6) is 0 Å². The van der Waals surface area contributed by atoms with Gasteiger partial charge in [-0.3, -0.25) is 14.4 Å². The molecule has 2 aliphatic heterocycles. The summed E-state index contributed by atoms with van der Waals surface area (Å²) >= 11 is 0. The molecule has 6 heteroatoms. The van der Waals surface area contributed by atoms with Crippen molar-refractivity contribution in [3.8, 4) is 0 Å². The van der Waals surface area contributed by atoms with Gasteiger partial charge in [0, 0.05) is 44.4 Å². The van der Waals surface area contributed by atoms with Crippen molar-refractivity contribution in [2.45, 2.75) is 26.3 Å². The summed E-state index contributed by atoms with van der Waals surface area (Å²) in [6.07, 6.45) is 1.10. The highest BCUT2D eigenvalue weighted by Gasteiger charge is 2.37. The van der Waals surface area contributed by atoms with E-state index in [2.05, 4.69) is 17.4 Å². The molecule has 144 valence electrons. The first-order chi connectivity index (χ1) is 13.5. The number of anilines is 2. The summed E-state index contributed by atoms with van der Waals surface area (Å²) in [6, 6.07) is 15.3. The molecule has 1 fully saturated rings. The molecule has 1 saturated heterocycles. The molecule has 2 heterocycles. The van der Waals surface area contributed by atoms with Gasteiger partial charge in [0.1, 0.15) is 0 Å². The van der Waals surface area contributed by atoms with Crippen molar-refractivity contribution in [1.82, 2.24) is 4.90 Å². The van der Waals surface area contributed by atoms with Gasteiger partial charge in [0.05, 0.1) is 5.92 Å². The van der Waals surface area contributed by atoms with Gasteiger partial charge in [0.2, 0.25) is 17.7 Å². The number of hydrogen-bond acceptors (Lipinski definition) is 3. The van der Waals surface area contributed by atoms with E-state index in [0.717, 1.165) is 12.1 Å². The van der Waals surface area contributed by atoms with Crippen LogP contribution >= 0.6 is 0 Å². The lowest BCUT2D eigenvalue weighted by atomic mass is 9.98. The Balaban J connectivity index is 1.43. The maximum atomic E-state index is 13.0. The van der Waals surface area contributed by atoms with Gasteiger partial charge in [0.25, 0.3) is 0 Å². The van der Waals surface area contributed by atoms with E-state index < -0.39 is 0 Å². The Hall–Kier alpha value is -3.15. The number of nitrogens with zero attached hydrogens (tertiary/aromatic N) is 2. The smallest absolute Gasteiger partial charge is 0.228 e. The highest BCUT2D eigenvalue weighted by atomic mass is 16.2. The normalized spacial score (nSPS) is 18.8. The molecule has 0 aliphatic carbocycles. The fourth-order valence-electron chi connectivity index (χ4n) is 3.99. The van der Waals surface area contributed by atoms with Gasteiger partial charge in [-0.05, 0) is 41.8 Å². The van der Waals surface area contributed by atoms with Crippen molar-refractivity contribution in [2.75, 3.05) is 23.3 Å². The van der Waals surface area contributed by atoms with Crippen molar-refractivity contribution in [1.29, 1.82) is 0 Å². The molecular formula is C22H23N3O3. The van der Waals surface area contributed by atoms with Crippen LogP contribution < -0.4 is 10.2 Å². The van der Waals surface area contributed by atoms with Crippen LogP contribution in [0.2, 0.25) is 0 Å². The van der Waals surface area contributed by atoms with Crippen molar-refractivity contribution in [2.24, 2.45) is 5.92 Å². The minimum absolute atomic E-state index is 0.0389. The highest BCUT2D eigenvalue weighted by Crippen LogP contribution is 2.29. The van der Waals surface area contributed by atoms with E-state index in [1.165, 1.54) is 18.1 Å². The lowest BCUT2D eigenvalue weighted by Gasteiger charge is -2.30. The zero-order chi connectivity index (χ0) is 19.7. The van der Waals surface area contributed by atoms with Crippen LogP contribution in [0, 0.1) is 5.92 Å². The summed E-state index contributed by atoms with van der Waals surface area (Å²) in [7, 11) is 0. The molecule has 0 spiro atoms. The molecule has 2 aliphatic rings. The Kier molecular flexibility index (Phi) is 4.86. The number of hydrogen-bond donors (Lipinski definition) is 1. The molecule has 1 atom stereocenters. The third kappa shape index (κ3) is 3.63. The molecular weight excluding hydrogens is 354 g/mol. The molecule has 0 bridgehead atoms. The van der Waals surface area contributed by atoms with E-state index in [1.807, 2.05) is 17.0 Å². The monoisotopic (exact) mass is 377 g/mol. The fraction of sp³-hybridized carbons (Fsp3) is 0.318. The molecule has 4 rings (SSSR count). The predicted octanol–water partition coefficient (Wildman–Crippen LogP) is 2.58. The molecule has 0 unspecified atom stereocenters. The first-order valence-corrected chi connectivity index (χ1v) is 9.55. The van der Waals surface area contributed by atoms with Crippen LogP contribution in [0.1, 0.15) is 24.5 Å². The first-order valence-electron chi connectivity index (χ1n) is 9.55. The number of carbonyl (C=O) groups excluding carboxylic acids is 3. The van der Waals surface area contributed by atoms with Crippen LogP contribution in [-0.2, 0) is 27.3 Å². The first kappa shape index (κ1) is 18.2. The van der Waals surface area contributed by atoms with Crippen LogP contribution in [0.15, 0.2) is 48.5 Å². The second-order valence-corrected chi connectivity index (χ2v) is 7.41. The van der Waals surface area contributed by atoms with Crippen LogP contribution in [0.4, 0.5) is 11.4 Å². The van der Waals surface area contributed by atoms with E-state index in [-0.39, 0.29) is 30.1 Å². The Morgan fingerprint density at radius 2 is 1.75 bits per heavy atom. The molecule has 3 amide bonds. The summed E-state index contributed by atoms with van der Waals surface area (Å²) in [5.41, 5.74) is 3.92. The van der Waals surface area contributed by atoms with Crippen molar-refractivity contribution in [3.63, 3.8) is 0 Å². The number of benzene rings is 2. The number of fused-ring (bicyclic) bond motifs is 1. The van der Waals surface area contributed by atoms with E-state index >= 15 is 0 Å². The second-order valence-electron chi connectivity index (χ2n) is 7.41. The Morgan fingerprint density at radius 3 is 2.46 bits per heavy atom. The standard InChI is InChI=1S/C22H23N3O3/c1-15(26)23-19-6-8-20(9-7-19)25-14-18(12-21(25)27)22(28)24-11-10-16-4-2-3-5-17(16)13-24/h2-9,18H,10-14H2,1H3,(H,23,26)/t18-/m1/s1. The number of nitrogens with one attached hydrogen (secondary N) is 1. The van der Waals surface area contributed by atoms with Gasteiger partial charge in [-0.1, -0.05) is 24.3 Å². The number of rotatable bonds is 3. The molecule has 0 aromatic heterocycles. The van der Waals surface area contributed by atoms with Crippen molar-refractivity contribution >= 4 is 29.1 Å². The predicted molar refractivity (Wildman–Crippen MR) is 107 cm³/mol. The van der Waals surface area contributed by atoms with Gasteiger partial charge in [0.15, 0.2) is 0 Å². The lowest BCUT2D eigenvalue weighted by molar-refractivity contribution is -0.136. The minimum atomic E-state index is -0.312. The molecule has 28 heavy (non-hydrogen) atoms. The SMILES string of the molecule is CC(=O)Nc1ccc(N2C[C@H](C(=O)N3CCc4ccccc4C3)CC2=O)cc1. The molecule has 2 aromatic rings. The molecule has 6 nitrogen and oxygen atoms in total. The van der Waals surface area contributed by atoms with Gasteiger partial charge in [-0.15, -0.1) is 0 Å². The van der Waals surface area contributed by atoms with Crippen LogP contribution in [0.3, 0.4) is 0 Å². The maximum Gasteiger partial charge on any atom is 0.228 e. The van der Waals surface area contributed by atoms with E-state index in [9.17, 15) is 14.4 Å². The zero-order valence-corrected chi connectivity index (χ0v) is 15.9. The average Bonchev–Trinajstić information content (AvgIpc) is 3.09. The van der Waals surface area contributed by atoms with Crippen LogP contribution in [0.25, 0.3) is 0 Å². The third-order valence-corrected chi connectivity index (χ3v) is 5.42. The van der Waals surface area contributed by atoms with Crippen LogP contribution in [-0.4, -0.2) is 35.7 Å². The van der Waals surface area contributed by atoms with E-state index in [4.69, 9.17) is 0 Å². The van der Waals surface area contributed by atoms with Gasteiger partial charge in [-0.25, -0.2) is 0 Å². The number of amides is 3. The van der Waals surface area contributed by atoms with Gasteiger partial charge in [-0.2, -0.15) is 0 Å². The van der Waals surface area contributed by atoms with Gasteiger partial charge >= 0.3 is 0 Å². The minimum Gasteiger partial charge on any atom is -0.338 e. The van der Waals surface area contributed by atoms with E-state index in [0.29, 0.717) is 25.3 Å². The summed E-state index contributed by atoms with van der Waals surface area (Å²) in [6.45, 7) is 3.17. The quantitative estimate of drug-likeness (QED) is 0.894. The maximum absolute atomic E-state index is 13.0. The topological polar surface area (TPSA) is 69.7 Å². The summed E-state index contributed by atoms with van der Waals surface area (Å²) < 4.78 is 0. The van der Waals surface area contributed by atoms with Gasteiger partial charge < -0.3 is 15.1 Å². The van der Waals surface area contributed by atoms with Crippen molar-refractivity contribution in [3.05, 3.63) is 59.7 Å². The molecule has 2 aromatic carbocycles. The average molecular weight is 377 g/mol. The summed E-state index contributed by atoms with van der Waals surface area (Å²) in [5, 5.41) is 2.71. The number of carbonyl (C=O) groups is 3. The zero-order valence-electron chi connectivity index (χ0n) is 15.9. The van der Waals surface area contributed by atoms with Crippen molar-refractivity contribution < 1.29 is 14.4 Å². The second kappa shape index (κ2) is 7.46. The van der Waals surface area contributed by atoms with E-state index in [1.54, 1.807) is 29.2 Å². The fourth-order valence-corrected chi connectivity index (χ4v) is 3.99. The Bertz CT molecular complexity index is 923. The summed E-state index contributed by atoms with van der Waals surface area (Å²) in [5.74, 6) is -0.435. The largest absolute Gasteiger partial charge is 0.338 e. The molecule has 0 radical (unpaired) electrons.